The van der Waals surface area contributed by atoms with Gasteiger partial charge in [0.15, 0.2) is 0 Å². The zero-order valence-electron chi connectivity index (χ0n) is 15.4. The van der Waals surface area contributed by atoms with Crippen molar-refractivity contribution in [3.05, 3.63) is 76.6 Å². The van der Waals surface area contributed by atoms with Crippen LogP contribution in [0.3, 0.4) is 0 Å². The van der Waals surface area contributed by atoms with E-state index in [0.29, 0.717) is 0 Å². The lowest BCUT2D eigenvalue weighted by molar-refractivity contribution is 0.123. The van der Waals surface area contributed by atoms with Crippen LogP contribution in [0.25, 0.3) is 33.0 Å². The Bertz CT molecular complexity index is 1110. The molecule has 1 fully saturated rings. The van der Waals surface area contributed by atoms with E-state index < -0.39 is 0 Å². The highest BCUT2D eigenvalue weighted by Gasteiger charge is 2.21. The Hall–Kier alpha value is -2.14. The third-order valence-electron chi connectivity index (χ3n) is 5.26. The highest BCUT2D eigenvalue weighted by atomic mass is 79.9. The lowest BCUT2D eigenvalue weighted by Gasteiger charge is -2.29. The fourth-order valence-corrected chi connectivity index (χ4v) is 5.24. The monoisotopic (exact) mass is 449 g/mol. The summed E-state index contributed by atoms with van der Waals surface area (Å²) < 4.78 is 6.69. The lowest BCUT2D eigenvalue weighted by Crippen LogP contribution is -2.35. The number of morpholine rings is 1. The summed E-state index contributed by atoms with van der Waals surface area (Å²) in [7, 11) is 0. The van der Waals surface area contributed by atoms with Crippen LogP contribution in [0.1, 0.15) is 0 Å². The van der Waals surface area contributed by atoms with Gasteiger partial charge in [-0.3, -0.25) is 0 Å². The first-order chi connectivity index (χ1) is 13.8. The Labute approximate surface area is 177 Å². The molecule has 0 amide bonds. The minimum absolute atomic E-state index is 0.794. The Morgan fingerprint density at radius 2 is 1.54 bits per heavy atom. The van der Waals surface area contributed by atoms with E-state index in [4.69, 9.17) is 4.74 Å². The van der Waals surface area contributed by atoms with Gasteiger partial charge in [0, 0.05) is 34.1 Å². The van der Waals surface area contributed by atoms with Gasteiger partial charge in [-0.1, -0.05) is 64.5 Å². The number of hydrogen-bond donors (Lipinski definition) is 0. The van der Waals surface area contributed by atoms with E-state index in [0.717, 1.165) is 30.8 Å². The van der Waals surface area contributed by atoms with Gasteiger partial charge in [0.1, 0.15) is 0 Å². The molecule has 28 heavy (non-hydrogen) atoms. The zero-order chi connectivity index (χ0) is 18.9. The molecule has 1 aliphatic heterocycles. The van der Waals surface area contributed by atoms with Crippen LogP contribution in [0, 0.1) is 0 Å². The van der Waals surface area contributed by atoms with Crippen molar-refractivity contribution in [3.63, 3.8) is 0 Å². The molecule has 2 nitrogen and oxygen atoms in total. The minimum atomic E-state index is 0.794. The zero-order valence-corrected chi connectivity index (χ0v) is 17.8. The molecule has 0 unspecified atom stereocenters. The van der Waals surface area contributed by atoms with Crippen molar-refractivity contribution in [1.82, 2.24) is 0 Å². The minimum Gasteiger partial charge on any atom is -0.378 e. The number of hydrogen-bond acceptors (Lipinski definition) is 3. The fourth-order valence-electron chi connectivity index (χ4n) is 3.81. The molecule has 0 bridgehead atoms. The summed E-state index contributed by atoms with van der Waals surface area (Å²) in [5.41, 5.74) is 5.16. The van der Waals surface area contributed by atoms with Crippen LogP contribution >= 0.6 is 27.3 Å². The number of nitrogens with zero attached hydrogens (tertiary/aromatic N) is 1. The highest BCUT2D eigenvalue weighted by Crippen LogP contribution is 2.45. The van der Waals surface area contributed by atoms with E-state index in [1.807, 2.05) is 11.3 Å². The number of fused-ring (bicyclic) bond motifs is 1. The van der Waals surface area contributed by atoms with Gasteiger partial charge >= 0.3 is 0 Å². The molecule has 5 rings (SSSR count). The summed E-state index contributed by atoms with van der Waals surface area (Å²) in [6, 6.07) is 24.0. The molecule has 0 aliphatic carbocycles. The molecule has 4 heteroatoms. The molecule has 140 valence electrons. The summed E-state index contributed by atoms with van der Waals surface area (Å²) in [6.45, 7) is 3.48. The molecule has 0 atom stereocenters. The van der Waals surface area contributed by atoms with Gasteiger partial charge in [-0.05, 0) is 40.1 Å². The van der Waals surface area contributed by atoms with Crippen molar-refractivity contribution in [1.29, 1.82) is 0 Å². The van der Waals surface area contributed by atoms with Crippen LogP contribution in [0.2, 0.25) is 0 Å². The second-order valence-electron chi connectivity index (χ2n) is 7.00. The first kappa shape index (κ1) is 17.9. The standard InChI is InChI=1S/C24H20BrNOS/c25-21-9-7-18(8-10-21)22-16-28-24(26-11-13-27-14-12-26)23(22)20-6-5-17-3-1-2-4-19(17)15-20/h1-10,15-16H,11-14H2. The fraction of sp³-hybridized carbons (Fsp3) is 0.167. The maximum atomic E-state index is 5.59. The van der Waals surface area contributed by atoms with E-state index in [-0.39, 0.29) is 0 Å². The van der Waals surface area contributed by atoms with Crippen molar-refractivity contribution >= 4 is 43.0 Å². The van der Waals surface area contributed by atoms with Crippen LogP contribution in [0.5, 0.6) is 0 Å². The van der Waals surface area contributed by atoms with Crippen molar-refractivity contribution in [3.8, 4) is 22.3 Å². The summed E-state index contributed by atoms with van der Waals surface area (Å²) in [5.74, 6) is 0. The molecular weight excluding hydrogens is 430 g/mol. The second-order valence-corrected chi connectivity index (χ2v) is 8.77. The molecule has 1 aromatic heterocycles. The molecule has 0 N–H and O–H groups in total. The number of rotatable bonds is 3. The average molecular weight is 450 g/mol. The molecule has 0 radical (unpaired) electrons. The van der Waals surface area contributed by atoms with E-state index in [2.05, 4.69) is 92.9 Å². The molecule has 0 saturated carbocycles. The van der Waals surface area contributed by atoms with Crippen LogP contribution in [0.4, 0.5) is 5.00 Å². The third kappa shape index (κ3) is 3.37. The van der Waals surface area contributed by atoms with Gasteiger partial charge in [0.25, 0.3) is 0 Å². The second kappa shape index (κ2) is 7.70. The average Bonchev–Trinajstić information content (AvgIpc) is 3.20. The van der Waals surface area contributed by atoms with Gasteiger partial charge < -0.3 is 9.64 Å². The van der Waals surface area contributed by atoms with Crippen LogP contribution in [0.15, 0.2) is 76.6 Å². The Morgan fingerprint density at radius 3 is 2.32 bits per heavy atom. The third-order valence-corrected chi connectivity index (χ3v) is 6.83. The Kier molecular flexibility index (Phi) is 4.93. The Morgan fingerprint density at radius 1 is 0.821 bits per heavy atom. The first-order valence-corrected chi connectivity index (χ1v) is 11.2. The summed E-state index contributed by atoms with van der Waals surface area (Å²) >= 11 is 5.40. The van der Waals surface area contributed by atoms with Crippen molar-refractivity contribution in [2.75, 3.05) is 31.2 Å². The number of halogens is 1. The van der Waals surface area contributed by atoms with Crippen LogP contribution in [-0.4, -0.2) is 26.3 Å². The molecule has 0 spiro atoms. The van der Waals surface area contributed by atoms with Crippen LogP contribution < -0.4 is 4.90 Å². The van der Waals surface area contributed by atoms with E-state index in [9.17, 15) is 0 Å². The number of ether oxygens (including phenoxy) is 1. The van der Waals surface area contributed by atoms with Gasteiger partial charge in [-0.15, -0.1) is 11.3 Å². The molecule has 3 aromatic carbocycles. The van der Waals surface area contributed by atoms with Crippen molar-refractivity contribution in [2.24, 2.45) is 0 Å². The van der Waals surface area contributed by atoms with Crippen LogP contribution in [-0.2, 0) is 4.74 Å². The van der Waals surface area contributed by atoms with Gasteiger partial charge in [-0.25, -0.2) is 0 Å². The van der Waals surface area contributed by atoms with Crippen molar-refractivity contribution < 1.29 is 4.74 Å². The highest BCUT2D eigenvalue weighted by molar-refractivity contribution is 9.10. The predicted octanol–water partition coefficient (Wildman–Crippen LogP) is 6.83. The van der Waals surface area contributed by atoms with E-state index in [1.54, 1.807) is 0 Å². The van der Waals surface area contributed by atoms with Gasteiger partial charge in [0.05, 0.1) is 18.2 Å². The molecule has 1 aliphatic rings. The topological polar surface area (TPSA) is 12.5 Å². The maximum Gasteiger partial charge on any atom is 0.0996 e. The number of anilines is 1. The number of benzene rings is 3. The van der Waals surface area contributed by atoms with E-state index >= 15 is 0 Å². The molecule has 2 heterocycles. The Balaban J connectivity index is 1.69. The summed E-state index contributed by atoms with van der Waals surface area (Å²) in [5, 5.41) is 6.20. The van der Waals surface area contributed by atoms with Gasteiger partial charge in [-0.2, -0.15) is 0 Å². The van der Waals surface area contributed by atoms with Gasteiger partial charge in [0.2, 0.25) is 0 Å². The molecule has 4 aromatic rings. The molecular formula is C24H20BrNOS. The van der Waals surface area contributed by atoms with Crippen molar-refractivity contribution in [2.45, 2.75) is 0 Å². The normalized spacial score (nSPS) is 14.5. The number of thiophene rings is 1. The smallest absolute Gasteiger partial charge is 0.0996 e. The quantitative estimate of drug-likeness (QED) is 0.339. The summed E-state index contributed by atoms with van der Waals surface area (Å²) in [6.07, 6.45) is 0. The molecule has 1 saturated heterocycles. The lowest BCUT2D eigenvalue weighted by atomic mass is 9.96. The predicted molar refractivity (Wildman–Crippen MR) is 123 cm³/mol. The SMILES string of the molecule is Brc1ccc(-c2csc(N3CCOCC3)c2-c2ccc3ccccc3c2)cc1. The largest absolute Gasteiger partial charge is 0.378 e. The van der Waals surface area contributed by atoms with E-state index in [1.165, 1.54) is 38.0 Å². The first-order valence-electron chi connectivity index (χ1n) is 9.49. The maximum absolute atomic E-state index is 5.59. The summed E-state index contributed by atoms with van der Waals surface area (Å²) in [4.78, 5) is 2.47.